The summed E-state index contributed by atoms with van der Waals surface area (Å²) in [7, 11) is 3.25. The second-order valence-electron chi connectivity index (χ2n) is 7.76. The van der Waals surface area contributed by atoms with Gasteiger partial charge in [-0.25, -0.2) is 4.98 Å². The van der Waals surface area contributed by atoms with Gasteiger partial charge in [0.2, 0.25) is 11.8 Å². The number of amides is 1. The largest absolute Gasteiger partial charge is 0.494 e. The van der Waals surface area contributed by atoms with Gasteiger partial charge in [-0.1, -0.05) is 30.3 Å². The molecule has 1 aliphatic rings. The molecule has 1 amide bonds. The van der Waals surface area contributed by atoms with Gasteiger partial charge in [0, 0.05) is 42.8 Å². The number of rotatable bonds is 7. The monoisotopic (exact) mass is 420 g/mol. The van der Waals surface area contributed by atoms with Crippen LogP contribution in [0.1, 0.15) is 5.56 Å². The van der Waals surface area contributed by atoms with Gasteiger partial charge in [0.25, 0.3) is 0 Å². The van der Waals surface area contributed by atoms with Gasteiger partial charge in [-0.15, -0.1) is 0 Å². The van der Waals surface area contributed by atoms with E-state index in [9.17, 15) is 4.79 Å². The molecule has 2 N–H and O–H groups in total. The number of piperazine rings is 1. The fourth-order valence-corrected chi connectivity index (χ4v) is 4.31. The smallest absolute Gasteiger partial charge is 0.231 e. The van der Waals surface area contributed by atoms with Crippen molar-refractivity contribution in [3.05, 3.63) is 60.2 Å². The quantitative estimate of drug-likeness (QED) is 0.633. The van der Waals surface area contributed by atoms with Crippen molar-refractivity contribution in [2.75, 3.05) is 45.3 Å². The molecule has 0 saturated carbocycles. The molecule has 162 valence electrons. The third kappa shape index (κ3) is 4.56. The number of primary amides is 1. The Morgan fingerprint density at radius 3 is 2.58 bits per heavy atom. The average Bonchev–Trinajstić information content (AvgIpc) is 2.79. The lowest BCUT2D eigenvalue weighted by atomic mass is 10.0. The first kappa shape index (κ1) is 20.9. The van der Waals surface area contributed by atoms with E-state index in [1.54, 1.807) is 14.2 Å². The lowest BCUT2D eigenvalue weighted by molar-refractivity contribution is -0.119. The summed E-state index contributed by atoms with van der Waals surface area (Å²) < 4.78 is 10.8. The van der Waals surface area contributed by atoms with Crippen molar-refractivity contribution in [3.63, 3.8) is 0 Å². The van der Waals surface area contributed by atoms with Crippen molar-refractivity contribution in [2.24, 2.45) is 5.73 Å². The third-order valence-electron chi connectivity index (χ3n) is 5.82. The van der Waals surface area contributed by atoms with E-state index in [1.807, 2.05) is 36.4 Å². The fraction of sp³-hybridized carbons (Fsp3) is 0.333. The fourth-order valence-electron chi connectivity index (χ4n) is 4.31. The van der Waals surface area contributed by atoms with Crippen LogP contribution in [-0.4, -0.2) is 62.2 Å². The second-order valence-corrected chi connectivity index (χ2v) is 7.76. The molecular formula is C24H28N4O3. The van der Waals surface area contributed by atoms with Crippen molar-refractivity contribution in [3.8, 4) is 11.6 Å². The molecular weight excluding hydrogens is 392 g/mol. The van der Waals surface area contributed by atoms with Crippen LogP contribution in [0.3, 0.4) is 0 Å². The number of anilines is 1. The Labute approximate surface area is 182 Å². The van der Waals surface area contributed by atoms with Gasteiger partial charge in [-0.05, 0) is 30.2 Å². The number of nitrogens with two attached hydrogens (primary N) is 1. The van der Waals surface area contributed by atoms with E-state index in [-0.39, 0.29) is 18.5 Å². The molecule has 1 atom stereocenters. The number of fused-ring (bicyclic) bond motifs is 1. The van der Waals surface area contributed by atoms with Gasteiger partial charge in [0.1, 0.15) is 11.3 Å². The van der Waals surface area contributed by atoms with Crippen molar-refractivity contribution >= 4 is 22.5 Å². The molecule has 0 spiro atoms. The van der Waals surface area contributed by atoms with Crippen molar-refractivity contribution in [1.82, 2.24) is 9.88 Å². The molecule has 3 aromatic rings. The number of carbonyl (C=O) groups is 1. The normalized spacial score (nSPS) is 17.0. The Morgan fingerprint density at radius 2 is 1.87 bits per heavy atom. The molecule has 4 rings (SSSR count). The topological polar surface area (TPSA) is 80.9 Å². The summed E-state index contributed by atoms with van der Waals surface area (Å²) in [6.45, 7) is 2.62. The van der Waals surface area contributed by atoms with E-state index in [0.717, 1.165) is 42.6 Å². The van der Waals surface area contributed by atoms with Crippen LogP contribution in [0.5, 0.6) is 11.6 Å². The van der Waals surface area contributed by atoms with Crippen LogP contribution in [0.25, 0.3) is 10.9 Å². The molecule has 7 heteroatoms. The van der Waals surface area contributed by atoms with Gasteiger partial charge in [-0.2, -0.15) is 0 Å². The Morgan fingerprint density at radius 1 is 1.06 bits per heavy atom. The van der Waals surface area contributed by atoms with Crippen LogP contribution >= 0.6 is 0 Å². The van der Waals surface area contributed by atoms with Crippen LogP contribution in [0.4, 0.5) is 5.69 Å². The maximum atomic E-state index is 11.7. The number of hydrogen-bond acceptors (Lipinski definition) is 6. The zero-order valence-corrected chi connectivity index (χ0v) is 18.0. The highest BCUT2D eigenvalue weighted by atomic mass is 16.5. The molecule has 1 aliphatic heterocycles. The van der Waals surface area contributed by atoms with Crippen LogP contribution in [0.15, 0.2) is 54.6 Å². The standard InChI is InChI=1S/C24H28N4O3/c1-30-21-10-9-20(19-8-11-23(31-2)26-24(19)21)28-13-12-27(16-22(25)29)18(15-28)14-17-6-4-3-5-7-17/h3-11,18H,12-16H2,1-2H3,(H2,25,29). The molecule has 7 nitrogen and oxygen atoms in total. The van der Waals surface area contributed by atoms with Gasteiger partial charge in [0.05, 0.1) is 20.8 Å². The van der Waals surface area contributed by atoms with Crippen LogP contribution < -0.4 is 20.1 Å². The number of nitrogens with zero attached hydrogens (tertiary/aromatic N) is 3. The van der Waals surface area contributed by atoms with E-state index < -0.39 is 0 Å². The second kappa shape index (κ2) is 9.22. The zero-order valence-electron chi connectivity index (χ0n) is 18.0. The summed E-state index contributed by atoms with van der Waals surface area (Å²) in [5.41, 5.74) is 8.65. The number of pyridine rings is 1. The molecule has 1 fully saturated rings. The van der Waals surface area contributed by atoms with E-state index in [2.05, 4.69) is 33.0 Å². The molecule has 2 aromatic carbocycles. The highest BCUT2D eigenvalue weighted by Gasteiger charge is 2.29. The summed E-state index contributed by atoms with van der Waals surface area (Å²) in [6.07, 6.45) is 0.852. The lowest BCUT2D eigenvalue weighted by Gasteiger charge is -2.42. The first-order valence-electron chi connectivity index (χ1n) is 10.4. The van der Waals surface area contributed by atoms with E-state index in [0.29, 0.717) is 11.6 Å². The summed E-state index contributed by atoms with van der Waals surface area (Å²) in [5, 5.41) is 1.02. The van der Waals surface area contributed by atoms with Gasteiger partial charge in [0.15, 0.2) is 0 Å². The minimum Gasteiger partial charge on any atom is -0.494 e. The Hall–Kier alpha value is -3.32. The van der Waals surface area contributed by atoms with Crippen molar-refractivity contribution < 1.29 is 14.3 Å². The van der Waals surface area contributed by atoms with Gasteiger partial charge in [-0.3, -0.25) is 9.69 Å². The number of methoxy groups -OCH3 is 2. The van der Waals surface area contributed by atoms with Crippen molar-refractivity contribution in [2.45, 2.75) is 12.5 Å². The molecule has 31 heavy (non-hydrogen) atoms. The molecule has 0 radical (unpaired) electrons. The number of hydrogen-bond donors (Lipinski definition) is 1. The minimum absolute atomic E-state index is 0.173. The average molecular weight is 421 g/mol. The number of aromatic nitrogens is 1. The summed E-state index contributed by atoms with van der Waals surface area (Å²) in [4.78, 5) is 20.8. The molecule has 0 aliphatic carbocycles. The summed E-state index contributed by atoms with van der Waals surface area (Å²) >= 11 is 0. The Kier molecular flexibility index (Phi) is 6.23. The summed E-state index contributed by atoms with van der Waals surface area (Å²) in [5.74, 6) is 0.972. The predicted octanol–water partition coefficient (Wildman–Crippen LogP) is 2.47. The molecule has 1 saturated heterocycles. The van der Waals surface area contributed by atoms with Crippen molar-refractivity contribution in [1.29, 1.82) is 0 Å². The highest BCUT2D eigenvalue weighted by Crippen LogP contribution is 2.35. The first-order chi connectivity index (χ1) is 15.1. The first-order valence-corrected chi connectivity index (χ1v) is 10.4. The van der Waals surface area contributed by atoms with Crippen LogP contribution in [0, 0.1) is 0 Å². The maximum Gasteiger partial charge on any atom is 0.231 e. The summed E-state index contributed by atoms with van der Waals surface area (Å²) in [6, 6.07) is 18.5. The lowest BCUT2D eigenvalue weighted by Crippen LogP contribution is -2.56. The highest BCUT2D eigenvalue weighted by molar-refractivity contribution is 5.96. The van der Waals surface area contributed by atoms with E-state index in [4.69, 9.17) is 15.2 Å². The zero-order chi connectivity index (χ0) is 21.8. The molecule has 1 aromatic heterocycles. The Balaban J connectivity index is 1.66. The number of ether oxygens (including phenoxy) is 2. The van der Waals surface area contributed by atoms with E-state index >= 15 is 0 Å². The minimum atomic E-state index is -0.294. The molecule has 0 bridgehead atoms. The van der Waals surface area contributed by atoms with E-state index in [1.165, 1.54) is 5.56 Å². The maximum absolute atomic E-state index is 11.7. The van der Waals surface area contributed by atoms with Crippen LogP contribution in [-0.2, 0) is 11.2 Å². The predicted molar refractivity (Wildman–Crippen MR) is 122 cm³/mol. The van der Waals surface area contributed by atoms with Crippen LogP contribution in [0.2, 0.25) is 0 Å². The number of benzene rings is 2. The van der Waals surface area contributed by atoms with Gasteiger partial charge >= 0.3 is 0 Å². The Bertz CT molecular complexity index is 1060. The SMILES string of the molecule is COc1ccc2c(N3CCN(CC(N)=O)C(Cc4ccccc4)C3)ccc(OC)c2n1. The molecule has 2 heterocycles. The van der Waals surface area contributed by atoms with Gasteiger partial charge < -0.3 is 20.1 Å². The molecule has 1 unspecified atom stereocenters. The number of carbonyl (C=O) groups excluding carboxylic acids is 1. The third-order valence-corrected chi connectivity index (χ3v) is 5.82.